The van der Waals surface area contributed by atoms with Crippen LogP contribution in [0.25, 0.3) is 0 Å². The maximum absolute atomic E-state index is 10.4. The molecule has 17 heavy (non-hydrogen) atoms. The van der Waals surface area contributed by atoms with E-state index in [4.69, 9.17) is 14.2 Å². The van der Waals surface area contributed by atoms with Crippen LogP contribution < -0.4 is 4.74 Å². The number of nitrogens with zero attached hydrogens (tertiary/aromatic N) is 1. The molecule has 6 heteroatoms. The molecule has 1 aromatic carbocycles. The van der Waals surface area contributed by atoms with E-state index in [0.29, 0.717) is 32.2 Å². The van der Waals surface area contributed by atoms with Gasteiger partial charge in [0.1, 0.15) is 18.5 Å². The van der Waals surface area contributed by atoms with Gasteiger partial charge in [-0.05, 0) is 12.1 Å². The van der Waals surface area contributed by atoms with Crippen LogP contribution in [0.1, 0.15) is 0 Å². The quantitative estimate of drug-likeness (QED) is 0.586. The second kappa shape index (κ2) is 5.60. The van der Waals surface area contributed by atoms with E-state index in [9.17, 15) is 10.1 Å². The molecule has 2 rings (SSSR count). The van der Waals surface area contributed by atoms with Crippen molar-refractivity contribution in [1.29, 1.82) is 0 Å². The molecule has 0 saturated carbocycles. The summed E-state index contributed by atoms with van der Waals surface area (Å²) in [6.07, 6.45) is -0.0704. The van der Waals surface area contributed by atoms with Gasteiger partial charge in [-0.25, -0.2) is 0 Å². The van der Waals surface area contributed by atoms with Crippen molar-refractivity contribution in [3.05, 3.63) is 34.4 Å². The normalized spacial score (nSPS) is 19.9. The van der Waals surface area contributed by atoms with Gasteiger partial charge in [-0.3, -0.25) is 10.1 Å². The molecule has 1 aliphatic rings. The minimum absolute atomic E-state index is 0.0506. The molecule has 0 N–H and O–H groups in total. The van der Waals surface area contributed by atoms with Gasteiger partial charge in [-0.2, -0.15) is 0 Å². The van der Waals surface area contributed by atoms with Gasteiger partial charge < -0.3 is 14.2 Å². The van der Waals surface area contributed by atoms with Gasteiger partial charge in [-0.15, -0.1) is 0 Å². The minimum Gasteiger partial charge on any atom is -0.491 e. The molecule has 6 nitrogen and oxygen atoms in total. The lowest BCUT2D eigenvalue weighted by Crippen LogP contribution is -2.33. The van der Waals surface area contributed by atoms with Crippen LogP contribution in [-0.4, -0.2) is 37.5 Å². The second-order valence-electron chi connectivity index (χ2n) is 3.63. The highest BCUT2D eigenvalue weighted by Crippen LogP contribution is 2.17. The Morgan fingerprint density at radius 1 is 1.35 bits per heavy atom. The van der Waals surface area contributed by atoms with Crippen LogP contribution in [0.2, 0.25) is 0 Å². The van der Waals surface area contributed by atoms with Gasteiger partial charge >= 0.3 is 0 Å². The molecule has 0 spiro atoms. The highest BCUT2D eigenvalue weighted by atomic mass is 16.6. The first-order chi connectivity index (χ1) is 8.25. The molecule has 1 fully saturated rings. The summed E-state index contributed by atoms with van der Waals surface area (Å²) in [5.41, 5.74) is 0.0506. The van der Waals surface area contributed by atoms with Gasteiger partial charge in [0.15, 0.2) is 0 Å². The number of nitro groups is 1. The summed E-state index contributed by atoms with van der Waals surface area (Å²) in [5.74, 6) is 0.588. The van der Waals surface area contributed by atoms with Crippen LogP contribution in [0.4, 0.5) is 5.69 Å². The molecule has 92 valence electrons. The third kappa shape index (κ3) is 3.40. The topological polar surface area (TPSA) is 70.8 Å². The van der Waals surface area contributed by atoms with Crippen molar-refractivity contribution in [2.45, 2.75) is 6.10 Å². The first-order valence-electron chi connectivity index (χ1n) is 5.32. The SMILES string of the molecule is O=[N+]([O-])c1ccc(OC[C@H]2COCCO2)cc1. The van der Waals surface area contributed by atoms with Crippen molar-refractivity contribution in [3.8, 4) is 5.75 Å². The zero-order valence-electron chi connectivity index (χ0n) is 9.20. The number of non-ortho nitro benzene ring substituents is 1. The standard InChI is InChI=1S/C11H13NO5/c13-12(14)9-1-3-10(4-2-9)17-8-11-7-15-5-6-16-11/h1-4,11H,5-8H2/t11-/m1/s1. The number of benzene rings is 1. The first-order valence-corrected chi connectivity index (χ1v) is 5.32. The molecule has 1 aliphatic heterocycles. The predicted molar refractivity (Wildman–Crippen MR) is 59.2 cm³/mol. The Morgan fingerprint density at radius 3 is 2.71 bits per heavy atom. The highest BCUT2D eigenvalue weighted by Gasteiger charge is 2.15. The molecule has 1 aromatic rings. The molecular formula is C11H13NO5. The summed E-state index contributed by atoms with van der Waals surface area (Å²) in [6.45, 7) is 2.10. The third-order valence-corrected chi connectivity index (χ3v) is 2.37. The van der Waals surface area contributed by atoms with Crippen molar-refractivity contribution in [1.82, 2.24) is 0 Å². The summed E-state index contributed by atoms with van der Waals surface area (Å²) < 4.78 is 16.1. The van der Waals surface area contributed by atoms with Crippen molar-refractivity contribution < 1.29 is 19.1 Å². The fraction of sp³-hybridized carbons (Fsp3) is 0.455. The minimum atomic E-state index is -0.443. The molecule has 1 saturated heterocycles. The molecule has 1 heterocycles. The second-order valence-corrected chi connectivity index (χ2v) is 3.63. The van der Waals surface area contributed by atoms with E-state index >= 15 is 0 Å². The van der Waals surface area contributed by atoms with Gasteiger partial charge in [-0.1, -0.05) is 0 Å². The summed E-state index contributed by atoms with van der Waals surface area (Å²) >= 11 is 0. The summed E-state index contributed by atoms with van der Waals surface area (Å²) in [6, 6.07) is 5.96. The van der Waals surface area contributed by atoms with Crippen LogP contribution in [0, 0.1) is 10.1 Å². The van der Waals surface area contributed by atoms with E-state index in [0.717, 1.165) is 0 Å². The predicted octanol–water partition coefficient (Wildman–Crippen LogP) is 1.39. The Hall–Kier alpha value is -1.66. The Balaban J connectivity index is 1.84. The van der Waals surface area contributed by atoms with Crippen LogP contribution in [0.3, 0.4) is 0 Å². The summed E-state index contributed by atoms with van der Waals surface area (Å²) in [4.78, 5) is 10.0. The van der Waals surface area contributed by atoms with Gasteiger partial charge in [0.05, 0.1) is 24.7 Å². The Morgan fingerprint density at radius 2 is 2.12 bits per heavy atom. The fourth-order valence-electron chi connectivity index (χ4n) is 1.49. The largest absolute Gasteiger partial charge is 0.491 e. The monoisotopic (exact) mass is 239 g/mol. The molecular weight excluding hydrogens is 226 g/mol. The maximum Gasteiger partial charge on any atom is 0.269 e. The Bertz CT molecular complexity index is 372. The van der Waals surface area contributed by atoms with E-state index in [1.165, 1.54) is 12.1 Å². The molecule has 0 aliphatic carbocycles. The van der Waals surface area contributed by atoms with E-state index in [-0.39, 0.29) is 11.8 Å². The van der Waals surface area contributed by atoms with E-state index in [1.807, 2.05) is 0 Å². The molecule has 0 amide bonds. The van der Waals surface area contributed by atoms with Crippen molar-refractivity contribution in [2.24, 2.45) is 0 Å². The number of ether oxygens (including phenoxy) is 3. The van der Waals surface area contributed by atoms with Crippen LogP contribution in [0.15, 0.2) is 24.3 Å². The summed E-state index contributed by atoms with van der Waals surface area (Å²) in [7, 11) is 0. The van der Waals surface area contributed by atoms with Gasteiger partial charge in [0.2, 0.25) is 0 Å². The zero-order valence-corrected chi connectivity index (χ0v) is 9.20. The van der Waals surface area contributed by atoms with Gasteiger partial charge in [0.25, 0.3) is 5.69 Å². The molecule has 0 aromatic heterocycles. The maximum atomic E-state index is 10.4. The Labute approximate surface area is 98.2 Å². The molecule has 0 bridgehead atoms. The lowest BCUT2D eigenvalue weighted by atomic mass is 10.3. The molecule has 1 atom stereocenters. The smallest absolute Gasteiger partial charge is 0.269 e. The first kappa shape index (κ1) is 11.8. The van der Waals surface area contributed by atoms with Crippen LogP contribution in [0.5, 0.6) is 5.75 Å². The van der Waals surface area contributed by atoms with Crippen molar-refractivity contribution in [3.63, 3.8) is 0 Å². The van der Waals surface area contributed by atoms with Crippen molar-refractivity contribution >= 4 is 5.69 Å². The van der Waals surface area contributed by atoms with E-state index in [1.54, 1.807) is 12.1 Å². The lowest BCUT2D eigenvalue weighted by molar-refractivity contribution is -0.384. The molecule has 0 unspecified atom stereocenters. The lowest BCUT2D eigenvalue weighted by Gasteiger charge is -2.22. The van der Waals surface area contributed by atoms with E-state index in [2.05, 4.69) is 0 Å². The van der Waals surface area contributed by atoms with Gasteiger partial charge in [0, 0.05) is 12.1 Å². The van der Waals surface area contributed by atoms with Crippen molar-refractivity contribution in [2.75, 3.05) is 26.4 Å². The van der Waals surface area contributed by atoms with Crippen LogP contribution in [-0.2, 0) is 9.47 Å². The number of hydrogen-bond donors (Lipinski definition) is 0. The van der Waals surface area contributed by atoms with E-state index < -0.39 is 4.92 Å². The highest BCUT2D eigenvalue weighted by molar-refractivity contribution is 5.35. The molecule has 0 radical (unpaired) electrons. The zero-order chi connectivity index (χ0) is 12.1. The third-order valence-electron chi connectivity index (χ3n) is 2.37. The number of nitro benzene ring substituents is 1. The average Bonchev–Trinajstić information content (AvgIpc) is 2.38. The fourth-order valence-corrected chi connectivity index (χ4v) is 1.49. The Kier molecular flexibility index (Phi) is 3.89. The van der Waals surface area contributed by atoms with Crippen LogP contribution >= 0.6 is 0 Å². The summed E-state index contributed by atoms with van der Waals surface area (Å²) in [5, 5.41) is 10.4. The average molecular weight is 239 g/mol. The number of rotatable bonds is 4. The number of hydrogen-bond acceptors (Lipinski definition) is 5.